The van der Waals surface area contributed by atoms with Crippen molar-refractivity contribution in [3.8, 4) is 5.88 Å². The van der Waals surface area contributed by atoms with Gasteiger partial charge in [-0.2, -0.15) is 0 Å². The molecule has 0 N–H and O–H groups in total. The normalized spacial score (nSPS) is 22.8. The molecule has 1 aromatic heterocycles. The number of piperidine rings is 2. The lowest BCUT2D eigenvalue weighted by Gasteiger charge is -2.40. The number of hydrogen-bond acceptors (Lipinski definition) is 7. The van der Waals surface area contributed by atoms with Crippen LogP contribution in [0.4, 0.5) is 10.6 Å². The van der Waals surface area contributed by atoms with Crippen LogP contribution in [0.15, 0.2) is 12.4 Å². The molecule has 8 heteroatoms. The van der Waals surface area contributed by atoms with Crippen LogP contribution in [-0.4, -0.2) is 72.1 Å². The number of amides is 1. The molecule has 0 atom stereocenters. The van der Waals surface area contributed by atoms with Crippen molar-refractivity contribution in [2.24, 2.45) is 0 Å². The Morgan fingerprint density at radius 3 is 2.34 bits per heavy atom. The Hall–Kier alpha value is -2.09. The monoisotopic (exact) mass is 404 g/mol. The maximum absolute atomic E-state index is 12.3. The quantitative estimate of drug-likeness (QED) is 0.721. The summed E-state index contributed by atoms with van der Waals surface area (Å²) in [6, 6.07) is 0. The van der Waals surface area contributed by atoms with Crippen LogP contribution in [0.1, 0.15) is 51.9 Å². The Morgan fingerprint density at radius 2 is 1.76 bits per heavy atom. The zero-order valence-electron chi connectivity index (χ0n) is 17.6. The molecule has 1 saturated carbocycles. The van der Waals surface area contributed by atoms with Gasteiger partial charge in [0.05, 0.1) is 12.4 Å². The lowest BCUT2D eigenvalue weighted by Crippen LogP contribution is -2.51. The van der Waals surface area contributed by atoms with Gasteiger partial charge in [-0.3, -0.25) is 0 Å². The highest BCUT2D eigenvalue weighted by Crippen LogP contribution is 2.39. The summed E-state index contributed by atoms with van der Waals surface area (Å²) in [6.45, 7) is 5.67. The summed E-state index contributed by atoms with van der Waals surface area (Å²) in [5.41, 5.74) is -0.664. The first-order valence-corrected chi connectivity index (χ1v) is 10.7. The van der Waals surface area contributed by atoms with Crippen molar-refractivity contribution in [3.63, 3.8) is 0 Å². The van der Waals surface area contributed by atoms with Crippen LogP contribution in [0.5, 0.6) is 5.88 Å². The number of carbonyl (C=O) groups is 1. The van der Waals surface area contributed by atoms with Gasteiger partial charge in [-0.1, -0.05) is 0 Å². The van der Waals surface area contributed by atoms with Gasteiger partial charge in [-0.15, -0.1) is 0 Å². The van der Waals surface area contributed by atoms with Crippen LogP contribution in [-0.2, 0) is 9.47 Å². The van der Waals surface area contributed by atoms with Gasteiger partial charge in [0.2, 0.25) is 5.88 Å². The molecule has 1 aromatic rings. The fourth-order valence-electron chi connectivity index (χ4n) is 3.93. The molecular weight excluding hydrogens is 372 g/mol. The predicted molar refractivity (Wildman–Crippen MR) is 108 cm³/mol. The lowest BCUT2D eigenvalue weighted by atomic mass is 9.92. The standard InChI is InChI=1S/C21H32N4O4/c1-20(6-7-20)29-19(26)25-12-8-21(27-2,9-13-25)16-28-18-15-22-17(14-23-18)24-10-4-3-5-11-24/h14-15H,3-13,16H2,1-2H3. The lowest BCUT2D eigenvalue weighted by molar-refractivity contribution is -0.0827. The average Bonchev–Trinajstić information content (AvgIpc) is 3.50. The molecule has 3 heterocycles. The number of carbonyl (C=O) groups excluding carboxylic acids is 1. The summed E-state index contributed by atoms with van der Waals surface area (Å²) >= 11 is 0. The SMILES string of the molecule is COC1(COc2cnc(N3CCCCC3)cn2)CCN(C(=O)OC2(C)CC2)CC1. The van der Waals surface area contributed by atoms with E-state index in [1.807, 2.05) is 6.92 Å². The summed E-state index contributed by atoms with van der Waals surface area (Å²) < 4.78 is 17.3. The maximum Gasteiger partial charge on any atom is 0.410 e. The van der Waals surface area contributed by atoms with E-state index < -0.39 is 5.60 Å². The zero-order valence-corrected chi connectivity index (χ0v) is 17.6. The summed E-state index contributed by atoms with van der Waals surface area (Å²) in [7, 11) is 1.70. The highest BCUT2D eigenvalue weighted by atomic mass is 16.6. The third-order valence-electron chi connectivity index (χ3n) is 6.43. The summed E-state index contributed by atoms with van der Waals surface area (Å²) in [5, 5.41) is 0. The number of nitrogens with zero attached hydrogens (tertiary/aromatic N) is 4. The third-order valence-corrected chi connectivity index (χ3v) is 6.43. The molecule has 0 aromatic carbocycles. The number of hydrogen-bond donors (Lipinski definition) is 0. The second-order valence-corrected chi connectivity index (χ2v) is 8.74. The van der Waals surface area contributed by atoms with E-state index in [1.54, 1.807) is 24.4 Å². The Balaban J connectivity index is 1.27. The van der Waals surface area contributed by atoms with Crippen LogP contribution in [0.25, 0.3) is 0 Å². The summed E-state index contributed by atoms with van der Waals surface area (Å²) in [6.07, 6.45) is 10.3. The highest BCUT2D eigenvalue weighted by molar-refractivity contribution is 5.68. The minimum Gasteiger partial charge on any atom is -0.473 e. The van der Waals surface area contributed by atoms with Gasteiger partial charge in [0.25, 0.3) is 0 Å². The van der Waals surface area contributed by atoms with Crippen molar-refractivity contribution in [2.75, 3.05) is 44.8 Å². The molecule has 4 rings (SSSR count). The average molecular weight is 405 g/mol. The van der Waals surface area contributed by atoms with E-state index in [0.717, 1.165) is 31.7 Å². The van der Waals surface area contributed by atoms with E-state index in [2.05, 4.69) is 14.9 Å². The van der Waals surface area contributed by atoms with Crippen molar-refractivity contribution in [2.45, 2.75) is 63.1 Å². The highest BCUT2D eigenvalue weighted by Gasteiger charge is 2.44. The number of ether oxygens (including phenoxy) is 3. The first-order valence-electron chi connectivity index (χ1n) is 10.7. The van der Waals surface area contributed by atoms with Crippen LogP contribution >= 0.6 is 0 Å². The van der Waals surface area contributed by atoms with Gasteiger partial charge in [0.15, 0.2) is 0 Å². The molecule has 160 valence electrons. The molecular formula is C21H32N4O4. The van der Waals surface area contributed by atoms with E-state index in [9.17, 15) is 4.79 Å². The molecule has 1 aliphatic carbocycles. The van der Waals surface area contributed by atoms with E-state index in [1.165, 1.54) is 19.3 Å². The third kappa shape index (κ3) is 4.91. The molecule has 29 heavy (non-hydrogen) atoms. The van der Waals surface area contributed by atoms with E-state index in [4.69, 9.17) is 14.2 Å². The number of anilines is 1. The first-order chi connectivity index (χ1) is 14.0. The second kappa shape index (κ2) is 8.34. The van der Waals surface area contributed by atoms with Gasteiger partial charge in [0, 0.05) is 33.3 Å². The minimum atomic E-state index is -0.423. The first kappa shape index (κ1) is 20.2. The van der Waals surface area contributed by atoms with Gasteiger partial charge >= 0.3 is 6.09 Å². The molecule has 1 amide bonds. The minimum absolute atomic E-state index is 0.213. The zero-order chi connectivity index (χ0) is 20.3. The summed E-state index contributed by atoms with van der Waals surface area (Å²) in [5.74, 6) is 1.42. The van der Waals surface area contributed by atoms with Crippen LogP contribution in [0, 0.1) is 0 Å². The topological polar surface area (TPSA) is 77.0 Å². The van der Waals surface area contributed by atoms with Crippen molar-refractivity contribution < 1.29 is 19.0 Å². The van der Waals surface area contributed by atoms with E-state index >= 15 is 0 Å². The number of methoxy groups -OCH3 is 1. The molecule has 0 bridgehead atoms. The fourth-order valence-corrected chi connectivity index (χ4v) is 3.93. The Kier molecular flexibility index (Phi) is 5.81. The molecule has 0 unspecified atom stereocenters. The van der Waals surface area contributed by atoms with Crippen molar-refractivity contribution in [1.29, 1.82) is 0 Å². The molecule has 2 saturated heterocycles. The predicted octanol–water partition coefficient (Wildman–Crippen LogP) is 3.02. The van der Waals surface area contributed by atoms with Gasteiger partial charge in [0.1, 0.15) is 23.6 Å². The number of aromatic nitrogens is 2. The maximum atomic E-state index is 12.3. The van der Waals surface area contributed by atoms with Gasteiger partial charge in [-0.05, 0) is 51.9 Å². The van der Waals surface area contributed by atoms with Crippen molar-refractivity contribution in [3.05, 3.63) is 12.4 Å². The molecule has 0 spiro atoms. The smallest absolute Gasteiger partial charge is 0.410 e. The molecule has 2 aliphatic heterocycles. The number of likely N-dealkylation sites (tertiary alicyclic amines) is 1. The van der Waals surface area contributed by atoms with E-state index in [0.29, 0.717) is 38.4 Å². The van der Waals surface area contributed by atoms with Crippen molar-refractivity contribution >= 4 is 11.9 Å². The fraction of sp³-hybridized carbons (Fsp3) is 0.762. The van der Waals surface area contributed by atoms with Gasteiger partial charge < -0.3 is 24.0 Å². The molecule has 8 nitrogen and oxygen atoms in total. The Bertz CT molecular complexity index is 693. The molecule has 0 radical (unpaired) electrons. The molecule has 3 aliphatic rings. The number of rotatable bonds is 6. The van der Waals surface area contributed by atoms with E-state index in [-0.39, 0.29) is 11.7 Å². The molecule has 3 fully saturated rings. The Labute approximate surface area is 172 Å². The second-order valence-electron chi connectivity index (χ2n) is 8.74. The van der Waals surface area contributed by atoms with Crippen LogP contribution in [0.2, 0.25) is 0 Å². The largest absolute Gasteiger partial charge is 0.473 e. The Morgan fingerprint density at radius 1 is 1.03 bits per heavy atom. The summed E-state index contributed by atoms with van der Waals surface area (Å²) in [4.78, 5) is 25.3. The van der Waals surface area contributed by atoms with Gasteiger partial charge in [-0.25, -0.2) is 14.8 Å². The van der Waals surface area contributed by atoms with Crippen molar-refractivity contribution in [1.82, 2.24) is 14.9 Å². The van der Waals surface area contributed by atoms with Crippen LogP contribution < -0.4 is 9.64 Å². The van der Waals surface area contributed by atoms with Crippen LogP contribution in [0.3, 0.4) is 0 Å².